The van der Waals surface area contributed by atoms with Gasteiger partial charge in [-0.15, -0.1) is 20.4 Å². The molecule has 4 heterocycles. The second-order valence-electron chi connectivity index (χ2n) is 10.5. The first-order chi connectivity index (χ1) is 24.6. The van der Waals surface area contributed by atoms with E-state index in [1.807, 2.05) is 0 Å². The molecule has 4 aromatic heterocycles. The molecule has 256 valence electrons. The lowest BCUT2D eigenvalue weighted by atomic mass is 10.0. The number of carboxylic acid groups (broad SMARTS) is 2. The third-order valence-electron chi connectivity index (χ3n) is 7.23. The van der Waals surface area contributed by atoms with Crippen molar-refractivity contribution < 1.29 is 42.9 Å². The standard InChI is InChI=1S/C32H22F2N10O7/c33-20-9-26(39-29(45)24-3-1-22(41-43-24)16-11-35-36-12-16)18(31(47)48)7-15(20)5-6-51-28-10-27(19(32(49)50)8-21(28)34)40-30(46)25-4-2-23(42-44-25)17-13-37-38-14-17/h1-4,7-14H,5-6H2,(H,35,36)(H,37,38)(H,39,45)(H,40,46)(H,47,48)(H,49,50). The van der Waals surface area contributed by atoms with Gasteiger partial charge in [0.1, 0.15) is 5.82 Å². The molecule has 0 bridgehead atoms. The number of nitrogens with zero attached hydrogens (tertiary/aromatic N) is 6. The number of anilines is 2. The molecule has 0 spiro atoms. The van der Waals surface area contributed by atoms with Crippen LogP contribution in [0.5, 0.6) is 5.75 Å². The van der Waals surface area contributed by atoms with Crippen LogP contribution in [0.25, 0.3) is 22.5 Å². The van der Waals surface area contributed by atoms with Crippen molar-refractivity contribution in [2.45, 2.75) is 6.42 Å². The van der Waals surface area contributed by atoms with Crippen LogP contribution in [0.15, 0.2) is 73.3 Å². The van der Waals surface area contributed by atoms with Gasteiger partial charge in [0.25, 0.3) is 11.8 Å². The Bertz CT molecular complexity index is 2250. The number of amides is 2. The Morgan fingerprint density at radius 1 is 0.686 bits per heavy atom. The third-order valence-corrected chi connectivity index (χ3v) is 7.23. The molecule has 2 amide bonds. The van der Waals surface area contributed by atoms with Crippen molar-refractivity contribution in [1.82, 2.24) is 40.8 Å². The second kappa shape index (κ2) is 14.4. The third kappa shape index (κ3) is 7.51. The van der Waals surface area contributed by atoms with Crippen LogP contribution in [0.2, 0.25) is 0 Å². The van der Waals surface area contributed by atoms with Crippen LogP contribution in [-0.4, -0.2) is 81.4 Å². The van der Waals surface area contributed by atoms with Crippen LogP contribution < -0.4 is 15.4 Å². The number of rotatable bonds is 12. The van der Waals surface area contributed by atoms with E-state index >= 15 is 4.39 Å². The summed E-state index contributed by atoms with van der Waals surface area (Å²) in [5.41, 5.74) is -0.148. The minimum Gasteiger partial charge on any atom is -0.490 e. The van der Waals surface area contributed by atoms with Gasteiger partial charge in [-0.05, 0) is 48.0 Å². The van der Waals surface area contributed by atoms with Crippen molar-refractivity contribution in [2.75, 3.05) is 17.2 Å². The Morgan fingerprint density at radius 2 is 1.22 bits per heavy atom. The quantitative estimate of drug-likeness (QED) is 0.106. The average molecular weight is 697 g/mol. The van der Waals surface area contributed by atoms with E-state index in [4.69, 9.17) is 4.74 Å². The van der Waals surface area contributed by atoms with Crippen molar-refractivity contribution in [3.05, 3.63) is 113 Å². The summed E-state index contributed by atoms with van der Waals surface area (Å²) >= 11 is 0. The van der Waals surface area contributed by atoms with Gasteiger partial charge in [-0.2, -0.15) is 10.2 Å². The van der Waals surface area contributed by atoms with Crippen molar-refractivity contribution in [3.8, 4) is 28.3 Å². The topological polar surface area (TPSA) is 251 Å². The number of carbonyl (C=O) groups is 4. The van der Waals surface area contributed by atoms with Crippen LogP contribution in [0, 0.1) is 11.6 Å². The number of carbonyl (C=O) groups excluding carboxylic acids is 2. The number of hydrogen-bond acceptors (Lipinski definition) is 11. The lowest BCUT2D eigenvalue weighted by molar-refractivity contribution is 0.0686. The Kier molecular flexibility index (Phi) is 9.42. The molecule has 0 saturated heterocycles. The summed E-state index contributed by atoms with van der Waals surface area (Å²) in [6.45, 7) is -0.405. The number of hydrogen-bond donors (Lipinski definition) is 6. The number of benzene rings is 2. The Balaban J connectivity index is 1.14. The highest BCUT2D eigenvalue weighted by Gasteiger charge is 2.22. The predicted octanol–water partition coefficient (Wildman–Crippen LogP) is 3.85. The molecule has 0 aliphatic heterocycles. The molecule has 6 rings (SSSR count). The first-order valence-corrected chi connectivity index (χ1v) is 14.6. The van der Waals surface area contributed by atoms with E-state index in [0.717, 1.165) is 18.2 Å². The highest BCUT2D eigenvalue weighted by molar-refractivity contribution is 6.07. The first-order valence-electron chi connectivity index (χ1n) is 14.6. The Labute approximate surface area is 283 Å². The van der Waals surface area contributed by atoms with E-state index in [1.165, 1.54) is 36.7 Å². The van der Waals surface area contributed by atoms with Gasteiger partial charge in [0.2, 0.25) is 0 Å². The number of halogens is 2. The smallest absolute Gasteiger partial charge is 0.337 e. The Hall–Kier alpha value is -7.44. The summed E-state index contributed by atoms with van der Waals surface area (Å²) in [6, 6.07) is 9.06. The van der Waals surface area contributed by atoms with Crippen LogP contribution in [-0.2, 0) is 6.42 Å². The molecule has 51 heavy (non-hydrogen) atoms. The van der Waals surface area contributed by atoms with E-state index in [-0.39, 0.29) is 34.7 Å². The van der Waals surface area contributed by atoms with Crippen molar-refractivity contribution in [2.24, 2.45) is 0 Å². The van der Waals surface area contributed by atoms with Gasteiger partial charge in [-0.1, -0.05) is 0 Å². The maximum Gasteiger partial charge on any atom is 0.337 e. The summed E-state index contributed by atoms with van der Waals surface area (Å²) in [7, 11) is 0. The zero-order valence-electron chi connectivity index (χ0n) is 25.7. The number of carboxylic acids is 2. The van der Waals surface area contributed by atoms with Crippen molar-refractivity contribution >= 4 is 35.1 Å². The van der Waals surface area contributed by atoms with Gasteiger partial charge in [0.15, 0.2) is 23.0 Å². The van der Waals surface area contributed by atoms with Crippen LogP contribution in [0.1, 0.15) is 47.3 Å². The summed E-state index contributed by atoms with van der Waals surface area (Å²) in [5.74, 6) is -7.22. The zero-order valence-corrected chi connectivity index (χ0v) is 25.7. The van der Waals surface area contributed by atoms with Gasteiger partial charge in [0.05, 0.1) is 52.9 Å². The number of H-pyrrole nitrogens is 2. The fraction of sp³-hybridized carbons (Fsp3) is 0.0625. The molecule has 0 radical (unpaired) electrons. The van der Waals surface area contributed by atoms with Crippen LogP contribution >= 0.6 is 0 Å². The van der Waals surface area contributed by atoms with E-state index < -0.39 is 58.9 Å². The summed E-state index contributed by atoms with van der Waals surface area (Å²) in [5, 5.41) is 52.4. The number of aromatic nitrogens is 8. The highest BCUT2D eigenvalue weighted by Crippen LogP contribution is 2.28. The fourth-order valence-electron chi connectivity index (χ4n) is 4.67. The highest BCUT2D eigenvalue weighted by atomic mass is 19.1. The first kappa shape index (κ1) is 33.5. The van der Waals surface area contributed by atoms with Crippen molar-refractivity contribution in [1.29, 1.82) is 0 Å². The van der Waals surface area contributed by atoms with E-state index in [0.29, 0.717) is 28.6 Å². The molecule has 0 aliphatic rings. The normalized spacial score (nSPS) is 10.8. The molecule has 0 saturated carbocycles. The SMILES string of the molecule is O=C(Nc1cc(OCCc2cc(C(=O)O)c(NC(=O)c3ccc(-c4cn[nH]c4)nn3)cc2F)c(F)cc1C(=O)O)c1ccc(-c2cn[nH]c2)nn1. The summed E-state index contributed by atoms with van der Waals surface area (Å²) in [6.07, 6.45) is 5.87. The second-order valence-corrected chi connectivity index (χ2v) is 10.5. The van der Waals surface area contributed by atoms with Crippen molar-refractivity contribution in [3.63, 3.8) is 0 Å². The maximum absolute atomic E-state index is 15.1. The minimum absolute atomic E-state index is 0.150. The van der Waals surface area contributed by atoms with E-state index in [9.17, 15) is 33.8 Å². The maximum atomic E-state index is 15.1. The zero-order chi connectivity index (χ0) is 36.1. The molecule has 17 nitrogen and oxygen atoms in total. The number of aromatic carboxylic acids is 2. The van der Waals surface area contributed by atoms with E-state index in [2.05, 4.69) is 51.4 Å². The largest absolute Gasteiger partial charge is 0.490 e. The molecule has 0 aliphatic carbocycles. The molecule has 6 aromatic rings. The number of ether oxygens (including phenoxy) is 1. The van der Waals surface area contributed by atoms with Crippen LogP contribution in [0.3, 0.4) is 0 Å². The van der Waals surface area contributed by atoms with Gasteiger partial charge in [0, 0.05) is 36.0 Å². The van der Waals surface area contributed by atoms with Gasteiger partial charge in [-0.3, -0.25) is 19.8 Å². The van der Waals surface area contributed by atoms with Gasteiger partial charge >= 0.3 is 11.9 Å². The molecular weight excluding hydrogens is 674 g/mol. The van der Waals surface area contributed by atoms with E-state index in [1.54, 1.807) is 12.4 Å². The molecular formula is C32H22F2N10O7. The summed E-state index contributed by atoms with van der Waals surface area (Å²) in [4.78, 5) is 49.5. The minimum atomic E-state index is -1.55. The molecule has 0 fully saturated rings. The molecule has 6 N–H and O–H groups in total. The lowest BCUT2D eigenvalue weighted by Crippen LogP contribution is -2.18. The lowest BCUT2D eigenvalue weighted by Gasteiger charge is -2.14. The average Bonchev–Trinajstić information content (AvgIpc) is 3.86. The number of aromatic amines is 2. The molecule has 0 atom stereocenters. The number of nitrogens with one attached hydrogen (secondary N) is 4. The summed E-state index contributed by atoms with van der Waals surface area (Å²) < 4.78 is 35.5. The predicted molar refractivity (Wildman–Crippen MR) is 171 cm³/mol. The Morgan fingerprint density at radius 3 is 1.69 bits per heavy atom. The van der Waals surface area contributed by atoms with Crippen LogP contribution in [0.4, 0.5) is 20.2 Å². The van der Waals surface area contributed by atoms with Gasteiger partial charge in [-0.25, -0.2) is 18.4 Å². The molecule has 19 heteroatoms. The molecule has 2 aromatic carbocycles. The monoisotopic (exact) mass is 696 g/mol. The van der Waals surface area contributed by atoms with Gasteiger partial charge < -0.3 is 25.6 Å². The molecule has 0 unspecified atom stereocenters. The fourth-order valence-corrected chi connectivity index (χ4v) is 4.67.